The number of nitrogens with one attached hydrogen (secondary N) is 1. The SMILES string of the molecule is C[C@H]1CCC[C@H](CC(=O)NCC2(N3CCSCC3)CCCC2)C1. The summed E-state index contributed by atoms with van der Waals surface area (Å²) in [7, 11) is 0. The fraction of sp³-hybridized carbons (Fsp3) is 0.947. The highest BCUT2D eigenvalue weighted by Crippen LogP contribution is 2.36. The first-order chi connectivity index (χ1) is 11.2. The summed E-state index contributed by atoms with van der Waals surface area (Å²) in [5, 5.41) is 3.34. The molecule has 0 radical (unpaired) electrons. The van der Waals surface area contributed by atoms with Crippen LogP contribution in [-0.4, -0.2) is 47.5 Å². The van der Waals surface area contributed by atoms with Gasteiger partial charge in [-0.3, -0.25) is 9.69 Å². The molecular formula is C19H34N2OS. The molecule has 3 aliphatic rings. The lowest BCUT2D eigenvalue weighted by atomic mass is 9.80. The number of hydrogen-bond acceptors (Lipinski definition) is 3. The van der Waals surface area contributed by atoms with E-state index in [1.54, 1.807) is 0 Å². The summed E-state index contributed by atoms with van der Waals surface area (Å²) in [6.07, 6.45) is 11.2. The summed E-state index contributed by atoms with van der Waals surface area (Å²) >= 11 is 2.07. The molecule has 3 nitrogen and oxygen atoms in total. The molecule has 2 saturated carbocycles. The van der Waals surface area contributed by atoms with Crippen LogP contribution in [-0.2, 0) is 4.79 Å². The van der Waals surface area contributed by atoms with E-state index < -0.39 is 0 Å². The second kappa shape index (κ2) is 8.24. The minimum atomic E-state index is 0.274. The van der Waals surface area contributed by atoms with E-state index in [0.29, 0.717) is 11.8 Å². The topological polar surface area (TPSA) is 32.3 Å². The third-order valence-corrected chi connectivity index (χ3v) is 7.29. The summed E-state index contributed by atoms with van der Waals surface area (Å²) < 4.78 is 0. The molecule has 3 fully saturated rings. The third-order valence-electron chi connectivity index (χ3n) is 6.35. The predicted octanol–water partition coefficient (Wildman–Crippen LogP) is 3.68. The fourth-order valence-electron chi connectivity index (χ4n) is 5.02. The highest BCUT2D eigenvalue weighted by Gasteiger charge is 2.40. The van der Waals surface area contributed by atoms with Gasteiger partial charge in [0.2, 0.25) is 5.91 Å². The largest absolute Gasteiger partial charge is 0.354 e. The van der Waals surface area contributed by atoms with Crippen LogP contribution in [0.4, 0.5) is 0 Å². The van der Waals surface area contributed by atoms with Crippen molar-refractivity contribution in [2.75, 3.05) is 31.1 Å². The summed E-state index contributed by atoms with van der Waals surface area (Å²) in [6, 6.07) is 0. The Morgan fingerprint density at radius 3 is 2.61 bits per heavy atom. The molecule has 132 valence electrons. The van der Waals surface area contributed by atoms with Crippen molar-refractivity contribution < 1.29 is 4.79 Å². The van der Waals surface area contributed by atoms with Crippen molar-refractivity contribution in [1.82, 2.24) is 10.2 Å². The molecule has 1 aliphatic heterocycles. The molecular weight excluding hydrogens is 304 g/mol. The van der Waals surface area contributed by atoms with Crippen molar-refractivity contribution in [3.05, 3.63) is 0 Å². The first-order valence-electron chi connectivity index (χ1n) is 9.77. The van der Waals surface area contributed by atoms with E-state index in [-0.39, 0.29) is 5.54 Å². The first-order valence-corrected chi connectivity index (χ1v) is 10.9. The molecule has 2 aliphatic carbocycles. The maximum Gasteiger partial charge on any atom is 0.220 e. The molecule has 2 atom stereocenters. The highest BCUT2D eigenvalue weighted by atomic mass is 32.2. The molecule has 0 spiro atoms. The number of carbonyl (C=O) groups excluding carboxylic acids is 1. The van der Waals surface area contributed by atoms with E-state index in [0.717, 1.165) is 18.9 Å². The Labute approximate surface area is 146 Å². The van der Waals surface area contributed by atoms with Crippen LogP contribution < -0.4 is 5.32 Å². The van der Waals surface area contributed by atoms with Crippen LogP contribution in [0.2, 0.25) is 0 Å². The molecule has 0 aromatic rings. The van der Waals surface area contributed by atoms with Gasteiger partial charge in [0.1, 0.15) is 0 Å². The second-order valence-corrected chi connectivity index (χ2v) is 9.37. The molecule has 1 N–H and O–H groups in total. The van der Waals surface area contributed by atoms with Gasteiger partial charge in [-0.15, -0.1) is 0 Å². The molecule has 0 bridgehead atoms. The standard InChI is InChI=1S/C19H34N2OS/c1-16-5-4-6-17(13-16)14-18(22)20-15-19(7-2-3-8-19)21-9-11-23-12-10-21/h16-17H,2-15H2,1H3,(H,20,22)/t16-,17-/m0/s1. The zero-order valence-corrected chi connectivity index (χ0v) is 15.6. The van der Waals surface area contributed by atoms with Crippen LogP contribution >= 0.6 is 11.8 Å². The average Bonchev–Trinajstić information content (AvgIpc) is 3.04. The lowest BCUT2D eigenvalue weighted by Gasteiger charge is -2.43. The van der Waals surface area contributed by atoms with Gasteiger partial charge in [-0.2, -0.15) is 11.8 Å². The van der Waals surface area contributed by atoms with E-state index >= 15 is 0 Å². The monoisotopic (exact) mass is 338 g/mol. The summed E-state index contributed by atoms with van der Waals surface area (Å²) in [5.74, 6) is 4.27. The van der Waals surface area contributed by atoms with Gasteiger partial charge in [0, 0.05) is 43.1 Å². The second-order valence-electron chi connectivity index (χ2n) is 8.15. The van der Waals surface area contributed by atoms with Gasteiger partial charge in [0.05, 0.1) is 0 Å². The molecule has 1 heterocycles. The van der Waals surface area contributed by atoms with Gasteiger partial charge >= 0.3 is 0 Å². The van der Waals surface area contributed by atoms with Gasteiger partial charge in [0.25, 0.3) is 0 Å². The first kappa shape index (κ1) is 17.6. The maximum absolute atomic E-state index is 12.5. The Kier molecular flexibility index (Phi) is 6.31. The smallest absolute Gasteiger partial charge is 0.220 e. The van der Waals surface area contributed by atoms with Gasteiger partial charge < -0.3 is 5.32 Å². The average molecular weight is 339 g/mol. The number of rotatable bonds is 5. The number of amides is 1. The van der Waals surface area contributed by atoms with E-state index in [1.165, 1.54) is 76.0 Å². The number of hydrogen-bond donors (Lipinski definition) is 1. The van der Waals surface area contributed by atoms with Crippen LogP contribution in [0.5, 0.6) is 0 Å². The molecule has 3 rings (SSSR count). The van der Waals surface area contributed by atoms with Crippen LogP contribution in [0.3, 0.4) is 0 Å². The molecule has 23 heavy (non-hydrogen) atoms. The van der Waals surface area contributed by atoms with Gasteiger partial charge in [0.15, 0.2) is 0 Å². The van der Waals surface area contributed by atoms with Crippen molar-refractivity contribution in [3.8, 4) is 0 Å². The number of thioether (sulfide) groups is 1. The van der Waals surface area contributed by atoms with E-state index in [4.69, 9.17) is 0 Å². The third kappa shape index (κ3) is 4.66. The lowest BCUT2D eigenvalue weighted by molar-refractivity contribution is -0.123. The zero-order chi connectivity index (χ0) is 16.1. The van der Waals surface area contributed by atoms with Gasteiger partial charge in [-0.25, -0.2) is 0 Å². The van der Waals surface area contributed by atoms with Crippen molar-refractivity contribution in [2.24, 2.45) is 11.8 Å². The summed E-state index contributed by atoms with van der Waals surface area (Å²) in [5.41, 5.74) is 0.274. The Morgan fingerprint density at radius 2 is 1.91 bits per heavy atom. The van der Waals surface area contributed by atoms with Crippen LogP contribution in [0.15, 0.2) is 0 Å². The predicted molar refractivity (Wildman–Crippen MR) is 98.8 cm³/mol. The molecule has 0 aromatic heterocycles. The maximum atomic E-state index is 12.5. The van der Waals surface area contributed by atoms with Crippen molar-refractivity contribution in [2.45, 2.75) is 70.3 Å². The summed E-state index contributed by atoms with van der Waals surface area (Å²) in [4.78, 5) is 15.2. The highest BCUT2D eigenvalue weighted by molar-refractivity contribution is 7.99. The minimum absolute atomic E-state index is 0.274. The molecule has 1 saturated heterocycles. The quantitative estimate of drug-likeness (QED) is 0.830. The normalized spacial score (nSPS) is 31.9. The van der Waals surface area contributed by atoms with E-state index in [9.17, 15) is 4.79 Å². The van der Waals surface area contributed by atoms with Crippen molar-refractivity contribution >= 4 is 17.7 Å². The van der Waals surface area contributed by atoms with Crippen LogP contribution in [0.1, 0.15) is 64.7 Å². The number of nitrogens with zero attached hydrogens (tertiary/aromatic N) is 1. The van der Waals surface area contributed by atoms with Crippen molar-refractivity contribution in [1.29, 1.82) is 0 Å². The fourth-order valence-corrected chi connectivity index (χ4v) is 5.92. The van der Waals surface area contributed by atoms with E-state index in [2.05, 4.69) is 28.9 Å². The van der Waals surface area contributed by atoms with Crippen LogP contribution in [0.25, 0.3) is 0 Å². The van der Waals surface area contributed by atoms with E-state index in [1.807, 2.05) is 0 Å². The van der Waals surface area contributed by atoms with Crippen molar-refractivity contribution in [3.63, 3.8) is 0 Å². The summed E-state index contributed by atoms with van der Waals surface area (Å²) in [6.45, 7) is 5.64. The molecule has 1 amide bonds. The number of carbonyl (C=O) groups is 1. The molecule has 0 unspecified atom stereocenters. The van der Waals surface area contributed by atoms with Gasteiger partial charge in [-0.05, 0) is 37.5 Å². The zero-order valence-electron chi connectivity index (χ0n) is 14.8. The lowest BCUT2D eigenvalue weighted by Crippen LogP contribution is -2.56. The van der Waals surface area contributed by atoms with Crippen LogP contribution in [0, 0.1) is 11.8 Å². The molecule has 0 aromatic carbocycles. The molecule has 4 heteroatoms. The Balaban J connectivity index is 1.49. The Bertz CT molecular complexity index is 389. The minimum Gasteiger partial charge on any atom is -0.354 e. The Morgan fingerprint density at radius 1 is 1.17 bits per heavy atom. The Hall–Kier alpha value is -0.220. The van der Waals surface area contributed by atoms with Gasteiger partial charge in [-0.1, -0.05) is 32.6 Å².